The Morgan fingerprint density at radius 2 is 1.57 bits per heavy atom. The Balaban J connectivity index is 2.52. The molecule has 0 N–H and O–H groups in total. The third-order valence-electron chi connectivity index (χ3n) is 1.96. The van der Waals surface area contributed by atoms with E-state index in [1.54, 1.807) is 0 Å². The molecule has 2 rings (SSSR count). The van der Waals surface area contributed by atoms with E-state index in [1.807, 2.05) is 44.2 Å². The summed E-state index contributed by atoms with van der Waals surface area (Å²) < 4.78 is 0. The van der Waals surface area contributed by atoms with Gasteiger partial charge in [-0.1, -0.05) is 24.3 Å². The third-order valence-corrected chi connectivity index (χ3v) is 1.96. The van der Waals surface area contributed by atoms with Crippen LogP contribution in [-0.2, 0) is 0 Å². The van der Waals surface area contributed by atoms with Crippen LogP contribution in [0.4, 0.5) is 0 Å². The molecule has 2 heteroatoms. The van der Waals surface area contributed by atoms with Crippen LogP contribution in [0.15, 0.2) is 30.3 Å². The van der Waals surface area contributed by atoms with Crippen molar-refractivity contribution < 1.29 is 0 Å². The van der Waals surface area contributed by atoms with Crippen LogP contribution in [0.1, 0.15) is 11.4 Å². The smallest absolute Gasteiger partial charge is 0.159 e. The molecule has 0 saturated heterocycles. The van der Waals surface area contributed by atoms with E-state index in [1.165, 1.54) is 0 Å². The number of hydrogen-bond donors (Lipinski definition) is 0. The van der Waals surface area contributed by atoms with E-state index in [0.29, 0.717) is 0 Å². The molecule has 0 fully saturated rings. The first-order valence-electron chi connectivity index (χ1n) is 4.54. The van der Waals surface area contributed by atoms with E-state index >= 15 is 0 Å². The molecule has 0 bridgehead atoms. The van der Waals surface area contributed by atoms with Crippen LogP contribution in [0.5, 0.6) is 0 Å². The van der Waals surface area contributed by atoms with Crippen molar-refractivity contribution in [3.63, 3.8) is 0 Å². The lowest BCUT2D eigenvalue weighted by atomic mass is 10.2. The van der Waals surface area contributed by atoms with Crippen molar-refractivity contribution in [3.05, 3.63) is 47.8 Å². The van der Waals surface area contributed by atoms with Crippen LogP contribution in [0.2, 0.25) is 0 Å². The van der Waals surface area contributed by atoms with Crippen LogP contribution < -0.4 is 0 Å². The van der Waals surface area contributed by atoms with Gasteiger partial charge in [-0.25, -0.2) is 9.97 Å². The average molecular weight is 183 g/mol. The van der Waals surface area contributed by atoms with Crippen LogP contribution in [0.3, 0.4) is 0 Å². The zero-order valence-electron chi connectivity index (χ0n) is 8.28. The molecule has 0 saturated carbocycles. The minimum Gasteiger partial charge on any atom is -0.233 e. The number of nitrogens with zero attached hydrogens (tertiary/aromatic N) is 2. The molecule has 14 heavy (non-hydrogen) atoms. The molecule has 2 nitrogen and oxygen atoms in total. The molecule has 0 spiro atoms. The Morgan fingerprint density at radius 3 is 2.14 bits per heavy atom. The molecule has 1 heterocycles. The molecule has 1 aromatic carbocycles. The Bertz CT molecular complexity index is 415. The molecule has 69 valence electrons. The Kier molecular flexibility index (Phi) is 2.27. The minimum atomic E-state index is 0.788. The standard InChI is InChI=1S/C12H11N2/c1-9-8-10(2)14-12(13-9)11-6-4-3-5-7-11/h4-8H,1-2H3. The Morgan fingerprint density at radius 1 is 1.00 bits per heavy atom. The van der Waals surface area contributed by atoms with E-state index in [-0.39, 0.29) is 0 Å². The first kappa shape index (κ1) is 8.88. The molecule has 0 aliphatic carbocycles. The van der Waals surface area contributed by atoms with E-state index < -0.39 is 0 Å². The molecule has 0 atom stereocenters. The highest BCUT2D eigenvalue weighted by Gasteiger charge is 2.01. The maximum Gasteiger partial charge on any atom is 0.159 e. The summed E-state index contributed by atoms with van der Waals surface area (Å²) in [5.41, 5.74) is 3.04. The fourth-order valence-corrected chi connectivity index (χ4v) is 1.39. The topological polar surface area (TPSA) is 25.8 Å². The number of rotatable bonds is 1. The molecule has 0 aliphatic heterocycles. The Labute approximate surface area is 83.7 Å². The summed E-state index contributed by atoms with van der Waals surface area (Å²) in [5, 5.41) is 0. The summed E-state index contributed by atoms with van der Waals surface area (Å²) in [6.45, 7) is 3.96. The van der Waals surface area contributed by atoms with Crippen LogP contribution >= 0.6 is 0 Å². The van der Waals surface area contributed by atoms with Crippen molar-refractivity contribution in [3.8, 4) is 11.4 Å². The van der Waals surface area contributed by atoms with Crippen molar-refractivity contribution in [2.75, 3.05) is 0 Å². The van der Waals surface area contributed by atoms with E-state index in [2.05, 4.69) is 16.0 Å². The molecule has 1 radical (unpaired) electrons. The SMILES string of the molecule is Cc1cc(C)nc(-c2cc[c]cc2)n1. The molecular formula is C12H11N2. The van der Waals surface area contributed by atoms with Crippen molar-refractivity contribution in [1.29, 1.82) is 0 Å². The maximum absolute atomic E-state index is 4.38. The van der Waals surface area contributed by atoms with Gasteiger partial charge in [0.1, 0.15) is 0 Å². The number of aryl methyl sites for hydroxylation is 2. The second-order valence-corrected chi connectivity index (χ2v) is 3.26. The van der Waals surface area contributed by atoms with Crippen molar-refractivity contribution in [2.45, 2.75) is 13.8 Å². The lowest BCUT2D eigenvalue weighted by Gasteiger charge is -2.02. The third kappa shape index (κ3) is 1.79. The molecule has 0 unspecified atom stereocenters. The van der Waals surface area contributed by atoms with Crippen LogP contribution in [-0.4, -0.2) is 9.97 Å². The fourth-order valence-electron chi connectivity index (χ4n) is 1.39. The van der Waals surface area contributed by atoms with E-state index in [0.717, 1.165) is 22.8 Å². The number of aromatic nitrogens is 2. The monoisotopic (exact) mass is 183 g/mol. The molecule has 0 amide bonds. The van der Waals surface area contributed by atoms with E-state index in [9.17, 15) is 0 Å². The van der Waals surface area contributed by atoms with Gasteiger partial charge in [0.15, 0.2) is 5.82 Å². The van der Waals surface area contributed by atoms with Gasteiger partial charge >= 0.3 is 0 Å². The largest absolute Gasteiger partial charge is 0.233 e. The first-order chi connectivity index (χ1) is 6.75. The first-order valence-corrected chi connectivity index (χ1v) is 4.54. The minimum absolute atomic E-state index is 0.788. The lowest BCUT2D eigenvalue weighted by Crippen LogP contribution is -1.93. The maximum atomic E-state index is 4.38. The second-order valence-electron chi connectivity index (χ2n) is 3.26. The number of benzene rings is 1. The highest BCUT2D eigenvalue weighted by atomic mass is 14.9. The zero-order valence-corrected chi connectivity index (χ0v) is 8.28. The van der Waals surface area contributed by atoms with Gasteiger partial charge in [-0.15, -0.1) is 0 Å². The predicted molar refractivity (Wildman–Crippen MR) is 55.8 cm³/mol. The molecular weight excluding hydrogens is 172 g/mol. The van der Waals surface area contributed by atoms with Crippen LogP contribution in [0, 0.1) is 19.9 Å². The zero-order chi connectivity index (χ0) is 9.97. The quantitative estimate of drug-likeness (QED) is 0.679. The fraction of sp³-hybridized carbons (Fsp3) is 0.167. The van der Waals surface area contributed by atoms with Crippen molar-refractivity contribution in [2.24, 2.45) is 0 Å². The highest BCUT2D eigenvalue weighted by molar-refractivity contribution is 5.54. The number of hydrogen-bond acceptors (Lipinski definition) is 2. The lowest BCUT2D eigenvalue weighted by molar-refractivity contribution is 1.06. The van der Waals surface area contributed by atoms with Gasteiger partial charge < -0.3 is 0 Å². The average Bonchev–Trinajstić information content (AvgIpc) is 2.18. The highest BCUT2D eigenvalue weighted by Crippen LogP contribution is 2.14. The summed E-state index contributed by atoms with van der Waals surface area (Å²) >= 11 is 0. The van der Waals surface area contributed by atoms with E-state index in [4.69, 9.17) is 0 Å². The Hall–Kier alpha value is -1.70. The second kappa shape index (κ2) is 3.58. The van der Waals surface area contributed by atoms with Gasteiger partial charge in [0.05, 0.1) is 0 Å². The molecule has 2 aromatic rings. The summed E-state index contributed by atoms with van der Waals surface area (Å²) in [6, 6.07) is 12.6. The normalized spacial score (nSPS) is 10.1. The van der Waals surface area contributed by atoms with Gasteiger partial charge in [-0.05, 0) is 26.0 Å². The summed E-state index contributed by atoms with van der Waals surface area (Å²) in [4.78, 5) is 8.76. The predicted octanol–water partition coefficient (Wildman–Crippen LogP) is 2.56. The molecule has 1 aromatic heterocycles. The van der Waals surface area contributed by atoms with Crippen molar-refractivity contribution >= 4 is 0 Å². The van der Waals surface area contributed by atoms with Gasteiger partial charge in [0.25, 0.3) is 0 Å². The van der Waals surface area contributed by atoms with Gasteiger partial charge in [-0.3, -0.25) is 0 Å². The van der Waals surface area contributed by atoms with Gasteiger partial charge in [-0.2, -0.15) is 0 Å². The van der Waals surface area contributed by atoms with Crippen molar-refractivity contribution in [1.82, 2.24) is 9.97 Å². The molecule has 0 aliphatic rings. The summed E-state index contributed by atoms with van der Waals surface area (Å²) in [7, 11) is 0. The van der Waals surface area contributed by atoms with Crippen LogP contribution in [0.25, 0.3) is 11.4 Å². The van der Waals surface area contributed by atoms with Gasteiger partial charge in [0, 0.05) is 17.0 Å². The van der Waals surface area contributed by atoms with Gasteiger partial charge in [0.2, 0.25) is 0 Å². The summed E-state index contributed by atoms with van der Waals surface area (Å²) in [5.74, 6) is 0.788. The summed E-state index contributed by atoms with van der Waals surface area (Å²) in [6.07, 6.45) is 0.